The van der Waals surface area contributed by atoms with Crippen LogP contribution in [-0.2, 0) is 16.6 Å². The molecule has 0 aliphatic carbocycles. The Kier molecular flexibility index (Phi) is 6.92. The van der Waals surface area contributed by atoms with Gasteiger partial charge in [0.1, 0.15) is 5.15 Å². The molecule has 0 unspecified atom stereocenters. The third-order valence-electron chi connectivity index (χ3n) is 5.44. The van der Waals surface area contributed by atoms with E-state index in [2.05, 4.69) is 15.6 Å². The molecule has 33 heavy (non-hydrogen) atoms. The van der Waals surface area contributed by atoms with E-state index in [0.29, 0.717) is 36.0 Å². The van der Waals surface area contributed by atoms with E-state index in [0.717, 1.165) is 18.4 Å². The maximum atomic E-state index is 12.8. The van der Waals surface area contributed by atoms with Crippen molar-refractivity contribution < 1.29 is 13.2 Å². The minimum Gasteiger partial charge on any atom is -0.267 e. The molecule has 2 heterocycles. The summed E-state index contributed by atoms with van der Waals surface area (Å²) in [6, 6.07) is 15.8. The molecule has 1 saturated heterocycles. The molecule has 4 rings (SSSR count). The highest BCUT2D eigenvalue weighted by atomic mass is 35.5. The van der Waals surface area contributed by atoms with Crippen molar-refractivity contribution in [2.24, 2.45) is 5.10 Å². The van der Waals surface area contributed by atoms with Crippen LogP contribution in [0, 0.1) is 6.92 Å². The van der Waals surface area contributed by atoms with Crippen LogP contribution in [-0.4, -0.2) is 47.7 Å². The molecule has 1 amide bonds. The third-order valence-corrected chi connectivity index (χ3v) is 7.74. The van der Waals surface area contributed by atoms with E-state index in [-0.39, 0.29) is 10.5 Å². The van der Waals surface area contributed by atoms with Gasteiger partial charge in [-0.05, 0) is 43.5 Å². The molecular weight excluding hydrogens is 462 g/mol. The number of aromatic nitrogens is 2. The Morgan fingerprint density at radius 1 is 1.15 bits per heavy atom. The van der Waals surface area contributed by atoms with Gasteiger partial charge in [0.05, 0.1) is 28.9 Å². The van der Waals surface area contributed by atoms with Gasteiger partial charge < -0.3 is 0 Å². The molecule has 0 spiro atoms. The molecule has 172 valence electrons. The summed E-state index contributed by atoms with van der Waals surface area (Å²) in [6.45, 7) is 3.32. The van der Waals surface area contributed by atoms with Gasteiger partial charge in [0.15, 0.2) is 0 Å². The van der Waals surface area contributed by atoms with Crippen molar-refractivity contribution in [1.82, 2.24) is 19.5 Å². The predicted octanol–water partition coefficient (Wildman–Crippen LogP) is 3.44. The van der Waals surface area contributed by atoms with Crippen molar-refractivity contribution in [1.29, 1.82) is 0 Å². The molecule has 0 saturated carbocycles. The van der Waals surface area contributed by atoms with E-state index < -0.39 is 15.9 Å². The fraction of sp³-hybridized carbons (Fsp3) is 0.261. The zero-order chi connectivity index (χ0) is 23.4. The lowest BCUT2D eigenvalue weighted by molar-refractivity contribution is 0.0955. The van der Waals surface area contributed by atoms with Gasteiger partial charge in [-0.25, -0.2) is 18.5 Å². The summed E-state index contributed by atoms with van der Waals surface area (Å²) in [6.07, 6.45) is 3.13. The van der Waals surface area contributed by atoms with E-state index in [1.165, 1.54) is 22.7 Å². The average molecular weight is 486 g/mol. The first-order valence-corrected chi connectivity index (χ1v) is 12.4. The van der Waals surface area contributed by atoms with Crippen LogP contribution in [0.2, 0.25) is 5.15 Å². The number of hydrogen-bond donors (Lipinski definition) is 1. The van der Waals surface area contributed by atoms with Crippen molar-refractivity contribution in [2.75, 3.05) is 13.1 Å². The van der Waals surface area contributed by atoms with Gasteiger partial charge in [-0.3, -0.25) is 4.79 Å². The van der Waals surface area contributed by atoms with Crippen molar-refractivity contribution >= 4 is 33.7 Å². The van der Waals surface area contributed by atoms with Gasteiger partial charge in [-0.1, -0.05) is 48.0 Å². The van der Waals surface area contributed by atoms with Gasteiger partial charge in [0, 0.05) is 18.7 Å². The fourth-order valence-electron chi connectivity index (χ4n) is 3.67. The van der Waals surface area contributed by atoms with E-state index in [1.54, 1.807) is 16.8 Å². The number of hydrogen-bond acceptors (Lipinski definition) is 5. The highest BCUT2D eigenvalue weighted by Gasteiger charge is 2.27. The largest absolute Gasteiger partial charge is 0.271 e. The van der Waals surface area contributed by atoms with E-state index >= 15 is 0 Å². The van der Waals surface area contributed by atoms with Gasteiger partial charge in [0.25, 0.3) is 5.91 Å². The van der Waals surface area contributed by atoms with Crippen molar-refractivity contribution in [3.8, 4) is 0 Å². The Morgan fingerprint density at radius 3 is 2.61 bits per heavy atom. The number of hydrazone groups is 1. The Morgan fingerprint density at radius 2 is 1.88 bits per heavy atom. The van der Waals surface area contributed by atoms with E-state index in [1.807, 2.05) is 37.3 Å². The standard InChI is InChI=1S/C23H24ClN5O3S/c1-17-21(22(24)29(27-17)16-18-8-3-2-4-9-18)15-25-26-23(30)19-10-7-11-20(14-19)33(31,32)28-12-5-6-13-28/h2-4,7-11,14-15H,5-6,12-13,16H2,1H3,(H,26,30). The second-order valence-corrected chi connectivity index (χ2v) is 10.1. The topological polar surface area (TPSA) is 96.7 Å². The first kappa shape index (κ1) is 23.2. The highest BCUT2D eigenvalue weighted by Crippen LogP contribution is 2.22. The number of nitrogens with one attached hydrogen (secondary N) is 1. The zero-order valence-electron chi connectivity index (χ0n) is 18.1. The van der Waals surface area contributed by atoms with Crippen LogP contribution in [0.25, 0.3) is 0 Å². The molecule has 1 aromatic heterocycles. The second kappa shape index (κ2) is 9.86. The summed E-state index contributed by atoms with van der Waals surface area (Å²) in [5.74, 6) is -0.518. The van der Waals surface area contributed by atoms with Crippen LogP contribution < -0.4 is 5.43 Å². The number of carbonyl (C=O) groups excluding carboxylic acids is 1. The lowest BCUT2D eigenvalue weighted by Gasteiger charge is -2.15. The molecule has 8 nitrogen and oxygen atoms in total. The lowest BCUT2D eigenvalue weighted by atomic mass is 10.2. The van der Waals surface area contributed by atoms with Crippen LogP contribution in [0.5, 0.6) is 0 Å². The van der Waals surface area contributed by atoms with Crippen LogP contribution in [0.15, 0.2) is 64.6 Å². The monoisotopic (exact) mass is 485 g/mol. The van der Waals surface area contributed by atoms with E-state index in [4.69, 9.17) is 11.6 Å². The molecule has 1 fully saturated rings. The third kappa shape index (κ3) is 5.16. The second-order valence-electron chi connectivity index (χ2n) is 7.77. The molecular formula is C23H24ClN5O3S. The number of amides is 1. The predicted molar refractivity (Wildman–Crippen MR) is 127 cm³/mol. The molecule has 3 aromatic rings. The molecule has 1 aliphatic rings. The smallest absolute Gasteiger partial charge is 0.267 e. The lowest BCUT2D eigenvalue weighted by Crippen LogP contribution is -2.28. The van der Waals surface area contributed by atoms with Crippen LogP contribution in [0.4, 0.5) is 0 Å². The van der Waals surface area contributed by atoms with Gasteiger partial charge in [-0.2, -0.15) is 14.5 Å². The highest BCUT2D eigenvalue weighted by molar-refractivity contribution is 7.89. The molecule has 1 N–H and O–H groups in total. The molecule has 0 atom stereocenters. The first-order valence-electron chi connectivity index (χ1n) is 10.6. The maximum Gasteiger partial charge on any atom is 0.271 e. The van der Waals surface area contributed by atoms with E-state index in [9.17, 15) is 13.2 Å². The van der Waals surface area contributed by atoms with Gasteiger partial charge in [0.2, 0.25) is 10.0 Å². The van der Waals surface area contributed by atoms with Gasteiger partial charge >= 0.3 is 0 Å². The SMILES string of the molecule is Cc1nn(Cc2ccccc2)c(Cl)c1C=NNC(=O)c1cccc(S(=O)(=O)N2CCCC2)c1. The quantitative estimate of drug-likeness (QED) is 0.409. The number of rotatable bonds is 7. The number of halogens is 1. The molecule has 0 bridgehead atoms. The molecule has 0 radical (unpaired) electrons. The van der Waals surface area contributed by atoms with Crippen molar-refractivity contribution in [3.63, 3.8) is 0 Å². The Labute approximate surface area is 197 Å². The zero-order valence-corrected chi connectivity index (χ0v) is 19.7. The number of aryl methyl sites for hydroxylation is 1. The fourth-order valence-corrected chi connectivity index (χ4v) is 5.52. The van der Waals surface area contributed by atoms with Crippen LogP contribution >= 0.6 is 11.6 Å². The minimum absolute atomic E-state index is 0.0992. The normalized spacial score (nSPS) is 14.7. The molecule has 1 aliphatic heterocycles. The summed E-state index contributed by atoms with van der Waals surface area (Å²) in [5.41, 5.74) is 4.97. The Bertz CT molecular complexity index is 1280. The summed E-state index contributed by atoms with van der Waals surface area (Å²) in [4.78, 5) is 12.7. The maximum absolute atomic E-state index is 12.8. The van der Waals surface area contributed by atoms with Crippen LogP contribution in [0.1, 0.15) is 40.0 Å². The summed E-state index contributed by atoms with van der Waals surface area (Å²) in [5, 5.41) is 8.86. The molecule has 10 heteroatoms. The van der Waals surface area contributed by atoms with Gasteiger partial charge in [-0.15, -0.1) is 0 Å². The summed E-state index contributed by atoms with van der Waals surface area (Å²) >= 11 is 6.47. The number of benzene rings is 2. The minimum atomic E-state index is -3.61. The Hall–Kier alpha value is -3.01. The number of nitrogens with zero attached hydrogens (tertiary/aromatic N) is 4. The first-order chi connectivity index (χ1) is 15.9. The summed E-state index contributed by atoms with van der Waals surface area (Å²) in [7, 11) is -3.61. The summed E-state index contributed by atoms with van der Waals surface area (Å²) < 4.78 is 28.6. The van der Waals surface area contributed by atoms with Crippen LogP contribution in [0.3, 0.4) is 0 Å². The van der Waals surface area contributed by atoms with Crippen molar-refractivity contribution in [2.45, 2.75) is 31.2 Å². The Balaban J connectivity index is 1.46. The molecule has 2 aromatic carbocycles. The number of sulfonamides is 1. The average Bonchev–Trinajstić information content (AvgIpc) is 3.45. The van der Waals surface area contributed by atoms with Crippen molar-refractivity contribution in [3.05, 3.63) is 82.1 Å². The number of carbonyl (C=O) groups is 1.